The van der Waals surface area contributed by atoms with Gasteiger partial charge in [0, 0.05) is 10.6 Å². The molecule has 88 valence electrons. The maximum Gasteiger partial charge on any atom is 0.255 e. The number of rotatable bonds is 3. The number of carbonyl (C=O) groups is 1. The molecular weight excluding hydrogens is 226 g/mol. The summed E-state index contributed by atoms with van der Waals surface area (Å²) in [5.74, 6) is -0.391. The molecule has 4 heteroatoms. The molecular formula is C12H16ClNO2. The van der Waals surface area contributed by atoms with Crippen LogP contribution in [0.2, 0.25) is 5.02 Å². The van der Waals surface area contributed by atoms with Crippen LogP contribution in [0, 0.1) is 0 Å². The summed E-state index contributed by atoms with van der Waals surface area (Å²) in [6.45, 7) is 5.84. The Morgan fingerprint density at radius 3 is 2.62 bits per heavy atom. The van der Waals surface area contributed by atoms with E-state index in [0.29, 0.717) is 5.02 Å². The molecule has 0 aliphatic heterocycles. The van der Waals surface area contributed by atoms with Crippen molar-refractivity contribution in [1.29, 1.82) is 0 Å². The van der Waals surface area contributed by atoms with E-state index in [1.807, 2.05) is 20.8 Å². The summed E-state index contributed by atoms with van der Waals surface area (Å²) in [5, 5.41) is 12.8. The van der Waals surface area contributed by atoms with Gasteiger partial charge in [-0.15, -0.1) is 0 Å². The Morgan fingerprint density at radius 1 is 1.50 bits per heavy atom. The molecule has 0 spiro atoms. The summed E-state index contributed by atoms with van der Waals surface area (Å²) in [4.78, 5) is 11.8. The lowest BCUT2D eigenvalue weighted by molar-refractivity contribution is 0.0908. The number of aromatic hydroxyl groups is 1. The molecule has 1 aromatic carbocycles. The second kappa shape index (κ2) is 4.74. The van der Waals surface area contributed by atoms with Crippen molar-refractivity contribution in [2.24, 2.45) is 0 Å². The Labute approximate surface area is 100 Å². The van der Waals surface area contributed by atoms with E-state index in [4.69, 9.17) is 11.6 Å². The van der Waals surface area contributed by atoms with E-state index in [2.05, 4.69) is 5.32 Å². The number of halogens is 1. The summed E-state index contributed by atoms with van der Waals surface area (Å²) in [6.07, 6.45) is 0.813. The van der Waals surface area contributed by atoms with Gasteiger partial charge in [-0.25, -0.2) is 0 Å². The molecule has 0 saturated carbocycles. The topological polar surface area (TPSA) is 49.3 Å². The first-order valence-electron chi connectivity index (χ1n) is 5.17. The third-order valence-electron chi connectivity index (χ3n) is 2.54. The molecule has 0 aromatic heterocycles. The number of hydrogen-bond donors (Lipinski definition) is 2. The quantitative estimate of drug-likeness (QED) is 0.855. The molecule has 0 fully saturated rings. The van der Waals surface area contributed by atoms with Crippen LogP contribution in [0.3, 0.4) is 0 Å². The zero-order valence-electron chi connectivity index (χ0n) is 9.67. The number of hydrogen-bond acceptors (Lipinski definition) is 2. The standard InChI is InChI=1S/C12H16ClNO2/c1-4-12(2,3)14-11(16)9-6-5-8(13)7-10(9)15/h5-7,15H,4H2,1-3H3,(H,14,16). The van der Waals surface area contributed by atoms with Crippen LogP contribution in [0.4, 0.5) is 0 Å². The largest absolute Gasteiger partial charge is 0.507 e. The maximum absolute atomic E-state index is 11.8. The lowest BCUT2D eigenvalue weighted by Gasteiger charge is -2.24. The summed E-state index contributed by atoms with van der Waals surface area (Å²) < 4.78 is 0. The number of nitrogens with one attached hydrogen (secondary N) is 1. The first-order chi connectivity index (χ1) is 7.35. The first kappa shape index (κ1) is 12.8. The predicted octanol–water partition coefficient (Wildman–Crippen LogP) is 2.96. The van der Waals surface area contributed by atoms with Crippen LogP contribution in [0.1, 0.15) is 37.6 Å². The average Bonchev–Trinajstić information content (AvgIpc) is 2.16. The van der Waals surface area contributed by atoms with Crippen molar-refractivity contribution in [3.63, 3.8) is 0 Å². The van der Waals surface area contributed by atoms with Gasteiger partial charge in [0.05, 0.1) is 5.56 Å². The monoisotopic (exact) mass is 241 g/mol. The van der Waals surface area contributed by atoms with Crippen LogP contribution in [0.5, 0.6) is 5.75 Å². The van der Waals surface area contributed by atoms with E-state index in [0.717, 1.165) is 6.42 Å². The summed E-state index contributed by atoms with van der Waals surface area (Å²) in [7, 11) is 0. The molecule has 0 aliphatic rings. The van der Waals surface area contributed by atoms with Crippen molar-refractivity contribution in [3.05, 3.63) is 28.8 Å². The van der Waals surface area contributed by atoms with Crippen molar-refractivity contribution in [3.8, 4) is 5.75 Å². The van der Waals surface area contributed by atoms with Gasteiger partial charge in [-0.1, -0.05) is 18.5 Å². The third kappa shape index (κ3) is 3.14. The lowest BCUT2D eigenvalue weighted by Crippen LogP contribution is -2.42. The average molecular weight is 242 g/mol. The molecule has 0 atom stereocenters. The third-order valence-corrected chi connectivity index (χ3v) is 2.78. The Kier molecular flexibility index (Phi) is 3.81. The van der Waals surface area contributed by atoms with Crippen molar-refractivity contribution >= 4 is 17.5 Å². The van der Waals surface area contributed by atoms with Gasteiger partial charge < -0.3 is 10.4 Å². The Morgan fingerprint density at radius 2 is 2.12 bits per heavy atom. The Balaban J connectivity index is 2.89. The fraction of sp³-hybridized carbons (Fsp3) is 0.417. The number of benzene rings is 1. The molecule has 3 nitrogen and oxygen atoms in total. The SMILES string of the molecule is CCC(C)(C)NC(=O)c1ccc(Cl)cc1O. The van der Waals surface area contributed by atoms with Crippen molar-refractivity contribution in [2.75, 3.05) is 0 Å². The molecule has 0 radical (unpaired) electrons. The lowest BCUT2D eigenvalue weighted by atomic mass is 10.0. The van der Waals surface area contributed by atoms with E-state index in [1.54, 1.807) is 6.07 Å². The maximum atomic E-state index is 11.8. The van der Waals surface area contributed by atoms with Gasteiger partial charge in [0.25, 0.3) is 5.91 Å². The fourth-order valence-electron chi connectivity index (χ4n) is 1.16. The fourth-order valence-corrected chi connectivity index (χ4v) is 1.33. The van der Waals surface area contributed by atoms with Gasteiger partial charge in [-0.3, -0.25) is 4.79 Å². The number of phenolic OH excluding ortho intramolecular Hbond substituents is 1. The normalized spacial score (nSPS) is 11.2. The van der Waals surface area contributed by atoms with Crippen LogP contribution in [0.25, 0.3) is 0 Å². The summed E-state index contributed by atoms with van der Waals surface area (Å²) >= 11 is 5.69. The molecule has 2 N–H and O–H groups in total. The Bertz CT molecular complexity index is 402. The van der Waals surface area contributed by atoms with E-state index < -0.39 is 0 Å². The molecule has 0 saturated heterocycles. The van der Waals surface area contributed by atoms with Gasteiger partial charge >= 0.3 is 0 Å². The van der Waals surface area contributed by atoms with Crippen LogP contribution < -0.4 is 5.32 Å². The zero-order valence-corrected chi connectivity index (χ0v) is 10.4. The second-order valence-electron chi connectivity index (χ2n) is 4.35. The van der Waals surface area contributed by atoms with Crippen molar-refractivity contribution in [1.82, 2.24) is 5.32 Å². The van der Waals surface area contributed by atoms with Gasteiger partial charge in [0.1, 0.15) is 5.75 Å². The first-order valence-corrected chi connectivity index (χ1v) is 5.54. The Hall–Kier alpha value is -1.22. The van der Waals surface area contributed by atoms with E-state index >= 15 is 0 Å². The highest BCUT2D eigenvalue weighted by atomic mass is 35.5. The van der Waals surface area contributed by atoms with E-state index in [-0.39, 0.29) is 22.8 Å². The molecule has 1 amide bonds. The zero-order chi connectivity index (χ0) is 12.3. The van der Waals surface area contributed by atoms with E-state index in [1.165, 1.54) is 12.1 Å². The second-order valence-corrected chi connectivity index (χ2v) is 4.79. The molecule has 0 heterocycles. The number of carbonyl (C=O) groups excluding carboxylic acids is 1. The molecule has 16 heavy (non-hydrogen) atoms. The molecule has 0 bridgehead atoms. The highest BCUT2D eigenvalue weighted by Gasteiger charge is 2.20. The van der Waals surface area contributed by atoms with Gasteiger partial charge in [0.15, 0.2) is 0 Å². The minimum absolute atomic E-state index is 0.100. The van der Waals surface area contributed by atoms with Gasteiger partial charge in [-0.05, 0) is 38.5 Å². The molecule has 1 rings (SSSR count). The van der Waals surface area contributed by atoms with Crippen molar-refractivity contribution < 1.29 is 9.90 Å². The van der Waals surface area contributed by atoms with E-state index in [9.17, 15) is 9.90 Å². The molecule has 0 aliphatic carbocycles. The molecule has 0 unspecified atom stereocenters. The molecule has 1 aromatic rings. The number of amides is 1. The van der Waals surface area contributed by atoms with Crippen LogP contribution >= 0.6 is 11.6 Å². The highest BCUT2D eigenvalue weighted by molar-refractivity contribution is 6.30. The van der Waals surface area contributed by atoms with Crippen LogP contribution in [-0.2, 0) is 0 Å². The van der Waals surface area contributed by atoms with Gasteiger partial charge in [-0.2, -0.15) is 0 Å². The predicted molar refractivity (Wildman–Crippen MR) is 65.0 cm³/mol. The van der Waals surface area contributed by atoms with Crippen LogP contribution in [0.15, 0.2) is 18.2 Å². The highest BCUT2D eigenvalue weighted by Crippen LogP contribution is 2.22. The minimum Gasteiger partial charge on any atom is -0.507 e. The summed E-state index contributed by atoms with van der Waals surface area (Å²) in [6, 6.07) is 4.45. The van der Waals surface area contributed by atoms with Gasteiger partial charge in [0.2, 0.25) is 0 Å². The van der Waals surface area contributed by atoms with Crippen molar-refractivity contribution in [2.45, 2.75) is 32.7 Å². The smallest absolute Gasteiger partial charge is 0.255 e. The summed E-state index contributed by atoms with van der Waals surface area (Å²) in [5.41, 5.74) is -0.0469. The minimum atomic E-state index is -0.291. The number of phenols is 1. The van der Waals surface area contributed by atoms with Crippen LogP contribution in [-0.4, -0.2) is 16.6 Å².